The van der Waals surface area contributed by atoms with Crippen molar-refractivity contribution in [2.24, 2.45) is 0 Å². The Hall–Kier alpha value is -1.94. The molecule has 3 rings (SSSR count). The highest BCUT2D eigenvalue weighted by molar-refractivity contribution is 6.42. The van der Waals surface area contributed by atoms with Crippen molar-refractivity contribution in [2.75, 3.05) is 6.61 Å². The van der Waals surface area contributed by atoms with Gasteiger partial charge in [-0.05, 0) is 41.3 Å². The van der Waals surface area contributed by atoms with Crippen molar-refractivity contribution in [2.45, 2.75) is 6.10 Å². The number of aliphatic hydroxyl groups excluding tert-OH is 1. The fraction of sp³-hybridized carbons (Fsp3) is 0.111. The first kappa shape index (κ1) is 15.9. The molecule has 3 aromatic rings. The summed E-state index contributed by atoms with van der Waals surface area (Å²) in [7, 11) is 0. The van der Waals surface area contributed by atoms with E-state index in [1.807, 2.05) is 30.5 Å². The molecule has 1 heterocycles. The molecule has 0 amide bonds. The van der Waals surface area contributed by atoms with Crippen LogP contribution in [-0.2, 0) is 0 Å². The number of H-pyrrole nitrogens is 1. The van der Waals surface area contributed by atoms with E-state index in [0.29, 0.717) is 28.5 Å². The molecule has 0 saturated carbocycles. The molecule has 0 fully saturated rings. The summed E-state index contributed by atoms with van der Waals surface area (Å²) in [5.74, 6) is 0.487. The Morgan fingerprint density at radius 1 is 1.22 bits per heavy atom. The lowest BCUT2D eigenvalue weighted by Gasteiger charge is -2.18. The lowest BCUT2D eigenvalue weighted by atomic mass is 9.99. The van der Waals surface area contributed by atoms with E-state index in [1.54, 1.807) is 18.2 Å². The van der Waals surface area contributed by atoms with Crippen molar-refractivity contribution in [1.29, 1.82) is 0 Å². The molecule has 0 bridgehead atoms. The molecular weight excluding hydrogens is 333 g/mol. The molecule has 1 unspecified atom stereocenters. The maximum Gasteiger partial charge on any atom is 0.127 e. The Labute approximate surface area is 144 Å². The molecule has 3 nitrogen and oxygen atoms in total. The molecule has 0 radical (unpaired) electrons. The van der Waals surface area contributed by atoms with Crippen LogP contribution in [0.2, 0.25) is 10.0 Å². The highest BCUT2D eigenvalue weighted by Crippen LogP contribution is 2.40. The average molecular weight is 348 g/mol. The first-order valence-corrected chi connectivity index (χ1v) is 7.84. The van der Waals surface area contributed by atoms with E-state index in [0.717, 1.165) is 10.9 Å². The number of benzene rings is 2. The van der Waals surface area contributed by atoms with Crippen LogP contribution < -0.4 is 4.74 Å². The summed E-state index contributed by atoms with van der Waals surface area (Å²) < 4.78 is 5.61. The normalized spacial score (nSPS) is 12.3. The van der Waals surface area contributed by atoms with Crippen molar-refractivity contribution in [3.8, 4) is 5.75 Å². The van der Waals surface area contributed by atoms with Crippen molar-refractivity contribution in [1.82, 2.24) is 4.98 Å². The number of aromatic amines is 1. The van der Waals surface area contributed by atoms with Gasteiger partial charge in [0, 0.05) is 17.3 Å². The summed E-state index contributed by atoms with van der Waals surface area (Å²) in [6.45, 7) is 3.94. The van der Waals surface area contributed by atoms with Gasteiger partial charge in [-0.1, -0.05) is 41.9 Å². The topological polar surface area (TPSA) is 45.2 Å². The number of fused-ring (bicyclic) bond motifs is 1. The van der Waals surface area contributed by atoms with E-state index in [1.165, 1.54) is 0 Å². The number of aliphatic hydroxyl groups is 1. The summed E-state index contributed by atoms with van der Waals surface area (Å²) in [5, 5.41) is 12.5. The van der Waals surface area contributed by atoms with Crippen LogP contribution >= 0.6 is 23.2 Å². The predicted molar refractivity (Wildman–Crippen MR) is 94.5 cm³/mol. The lowest BCUT2D eigenvalue weighted by molar-refractivity contribution is 0.213. The number of hydrogen-bond donors (Lipinski definition) is 2. The lowest BCUT2D eigenvalue weighted by Crippen LogP contribution is -2.05. The van der Waals surface area contributed by atoms with Crippen molar-refractivity contribution >= 4 is 34.1 Å². The minimum atomic E-state index is -0.944. The second-order valence-corrected chi connectivity index (χ2v) is 5.88. The van der Waals surface area contributed by atoms with Gasteiger partial charge in [0.15, 0.2) is 0 Å². The maximum atomic E-state index is 10.8. The van der Waals surface area contributed by atoms with Gasteiger partial charge in [-0.2, -0.15) is 0 Å². The maximum absolute atomic E-state index is 10.8. The van der Waals surface area contributed by atoms with E-state index in [-0.39, 0.29) is 5.02 Å². The second kappa shape index (κ2) is 6.67. The molecule has 2 N–H and O–H groups in total. The number of hydrogen-bond acceptors (Lipinski definition) is 2. The third-order valence-corrected chi connectivity index (χ3v) is 4.43. The van der Waals surface area contributed by atoms with Gasteiger partial charge in [-0.25, -0.2) is 0 Å². The van der Waals surface area contributed by atoms with Crippen LogP contribution in [0, 0.1) is 0 Å². The third kappa shape index (κ3) is 3.08. The summed E-state index contributed by atoms with van der Waals surface area (Å²) in [4.78, 5) is 3.12. The van der Waals surface area contributed by atoms with E-state index in [4.69, 9.17) is 27.9 Å². The Morgan fingerprint density at radius 2 is 2.04 bits per heavy atom. The Balaban J connectivity index is 2.07. The van der Waals surface area contributed by atoms with Crippen LogP contribution in [0.3, 0.4) is 0 Å². The second-order valence-electron chi connectivity index (χ2n) is 5.10. The van der Waals surface area contributed by atoms with Gasteiger partial charge in [0.05, 0.1) is 10.0 Å². The number of aromatic nitrogens is 1. The van der Waals surface area contributed by atoms with Gasteiger partial charge in [0.25, 0.3) is 0 Å². The zero-order valence-corrected chi connectivity index (χ0v) is 13.7. The van der Waals surface area contributed by atoms with Crippen LogP contribution in [0.1, 0.15) is 17.2 Å². The molecule has 1 atom stereocenters. The highest BCUT2D eigenvalue weighted by atomic mass is 35.5. The Kier molecular flexibility index (Phi) is 4.62. The van der Waals surface area contributed by atoms with Crippen molar-refractivity contribution < 1.29 is 9.84 Å². The Morgan fingerprint density at radius 3 is 2.83 bits per heavy atom. The van der Waals surface area contributed by atoms with E-state index < -0.39 is 6.10 Å². The van der Waals surface area contributed by atoms with Crippen LogP contribution in [-0.4, -0.2) is 16.7 Å². The zero-order valence-electron chi connectivity index (χ0n) is 12.2. The summed E-state index contributed by atoms with van der Waals surface area (Å²) in [5.41, 5.74) is 2.17. The van der Waals surface area contributed by atoms with E-state index in [9.17, 15) is 5.11 Å². The predicted octanol–water partition coefficient (Wildman–Crippen LogP) is 5.12. The molecule has 0 aliphatic carbocycles. The van der Waals surface area contributed by atoms with Gasteiger partial charge >= 0.3 is 0 Å². The molecule has 0 aliphatic rings. The molecule has 2 aromatic carbocycles. The quantitative estimate of drug-likeness (QED) is 0.629. The smallest absolute Gasteiger partial charge is 0.127 e. The average Bonchev–Trinajstić information content (AvgIpc) is 3.03. The largest absolute Gasteiger partial charge is 0.489 e. The highest BCUT2D eigenvalue weighted by Gasteiger charge is 2.21. The van der Waals surface area contributed by atoms with Gasteiger partial charge in [0.1, 0.15) is 18.5 Å². The molecule has 0 aliphatic heterocycles. The molecule has 23 heavy (non-hydrogen) atoms. The van der Waals surface area contributed by atoms with Gasteiger partial charge in [0.2, 0.25) is 0 Å². The molecule has 0 spiro atoms. The van der Waals surface area contributed by atoms with Crippen LogP contribution in [0.4, 0.5) is 0 Å². The molecule has 118 valence electrons. The minimum absolute atomic E-state index is 0.287. The number of rotatable bonds is 5. The fourth-order valence-corrected chi connectivity index (χ4v) is 2.91. The first-order chi connectivity index (χ1) is 11.1. The van der Waals surface area contributed by atoms with Gasteiger partial charge < -0.3 is 14.8 Å². The van der Waals surface area contributed by atoms with Crippen molar-refractivity contribution in [3.63, 3.8) is 0 Å². The van der Waals surface area contributed by atoms with E-state index >= 15 is 0 Å². The van der Waals surface area contributed by atoms with Crippen LogP contribution in [0.15, 0.2) is 55.3 Å². The van der Waals surface area contributed by atoms with Crippen LogP contribution in [0.25, 0.3) is 10.9 Å². The Bertz CT molecular complexity index is 857. The van der Waals surface area contributed by atoms with Gasteiger partial charge in [-0.15, -0.1) is 0 Å². The third-order valence-electron chi connectivity index (χ3n) is 3.62. The van der Waals surface area contributed by atoms with E-state index in [2.05, 4.69) is 11.6 Å². The SMILES string of the molecule is C=CCOc1ccc(Cl)c(Cl)c1C(O)c1ccc2[nH]ccc2c1. The standard InChI is InChI=1S/C18H15Cl2NO2/c1-2-9-23-15-6-4-13(19)17(20)16(15)18(22)12-3-5-14-11(10-12)7-8-21-14/h2-8,10,18,21-22H,1,9H2. The summed E-state index contributed by atoms with van der Waals surface area (Å²) in [6, 6.07) is 11.0. The van der Waals surface area contributed by atoms with Crippen LogP contribution in [0.5, 0.6) is 5.75 Å². The minimum Gasteiger partial charge on any atom is -0.489 e. The first-order valence-electron chi connectivity index (χ1n) is 7.08. The fourth-order valence-electron chi connectivity index (χ4n) is 2.49. The summed E-state index contributed by atoms with van der Waals surface area (Å²) in [6.07, 6.45) is 2.54. The molecule has 0 saturated heterocycles. The monoisotopic (exact) mass is 347 g/mol. The zero-order chi connectivity index (χ0) is 16.4. The molecule has 5 heteroatoms. The number of ether oxygens (including phenoxy) is 1. The van der Waals surface area contributed by atoms with Crippen molar-refractivity contribution in [3.05, 3.63) is 76.4 Å². The molecular formula is C18H15Cl2NO2. The molecule has 1 aromatic heterocycles. The number of halogens is 2. The van der Waals surface area contributed by atoms with Gasteiger partial charge in [-0.3, -0.25) is 0 Å². The summed E-state index contributed by atoms with van der Waals surface area (Å²) >= 11 is 12.4. The number of nitrogens with one attached hydrogen (secondary N) is 1.